The van der Waals surface area contributed by atoms with E-state index in [4.69, 9.17) is 0 Å². The van der Waals surface area contributed by atoms with E-state index in [-0.39, 0.29) is 0 Å². The molecule has 0 atom stereocenters. The summed E-state index contributed by atoms with van der Waals surface area (Å²) in [5, 5.41) is 0. The van der Waals surface area contributed by atoms with E-state index in [0.717, 1.165) is 12.1 Å². The third kappa shape index (κ3) is 1.57. The van der Waals surface area contributed by atoms with Gasteiger partial charge in [0.15, 0.2) is 0 Å². The molecule has 0 aromatic carbocycles. The molecule has 2 heterocycles. The number of aromatic nitrogens is 2. The minimum atomic E-state index is 1.10. The van der Waals surface area contributed by atoms with Gasteiger partial charge in [0, 0.05) is 18.9 Å². The van der Waals surface area contributed by atoms with Gasteiger partial charge in [0.2, 0.25) is 0 Å². The van der Waals surface area contributed by atoms with Crippen molar-refractivity contribution in [3.05, 3.63) is 30.6 Å². The van der Waals surface area contributed by atoms with Crippen molar-refractivity contribution in [3.63, 3.8) is 0 Å². The third-order valence-corrected chi connectivity index (χ3v) is 2.29. The maximum atomic E-state index is 4.29. The maximum absolute atomic E-state index is 4.29. The van der Waals surface area contributed by atoms with Crippen LogP contribution in [0.2, 0.25) is 0 Å². The number of fused-ring (bicyclic) bond motifs is 1. The zero-order valence-electron chi connectivity index (χ0n) is 7.90. The van der Waals surface area contributed by atoms with Crippen LogP contribution in [0.5, 0.6) is 0 Å². The predicted octanol–water partition coefficient (Wildman–Crippen LogP) is 2.84. The average molecular weight is 174 g/mol. The number of pyridine rings is 1. The number of rotatable bonds is 3. The van der Waals surface area contributed by atoms with Crippen LogP contribution in [0.15, 0.2) is 30.6 Å². The van der Waals surface area contributed by atoms with E-state index in [1.807, 2.05) is 12.3 Å². The Hall–Kier alpha value is -1.31. The highest BCUT2D eigenvalue weighted by Crippen LogP contribution is 2.12. The molecule has 0 aliphatic rings. The van der Waals surface area contributed by atoms with Crippen LogP contribution in [-0.4, -0.2) is 9.55 Å². The van der Waals surface area contributed by atoms with Crippen LogP contribution in [0.4, 0.5) is 0 Å². The van der Waals surface area contributed by atoms with Gasteiger partial charge in [-0.15, -0.1) is 0 Å². The molecule has 0 aliphatic heterocycles. The Balaban J connectivity index is 2.35. The summed E-state index contributed by atoms with van der Waals surface area (Å²) >= 11 is 0. The fourth-order valence-electron chi connectivity index (χ4n) is 1.54. The molecular formula is C11H14N2. The SMILES string of the molecule is CCCCn1ccc2ncccc21. The van der Waals surface area contributed by atoms with Crippen molar-refractivity contribution in [1.82, 2.24) is 9.55 Å². The van der Waals surface area contributed by atoms with Crippen LogP contribution in [-0.2, 0) is 6.54 Å². The Morgan fingerprint density at radius 2 is 2.31 bits per heavy atom. The number of unbranched alkanes of at least 4 members (excludes halogenated alkanes) is 1. The van der Waals surface area contributed by atoms with E-state index < -0.39 is 0 Å². The molecule has 0 fully saturated rings. The van der Waals surface area contributed by atoms with E-state index in [0.29, 0.717) is 0 Å². The molecule has 2 nitrogen and oxygen atoms in total. The monoisotopic (exact) mass is 174 g/mol. The molecule has 0 bridgehead atoms. The van der Waals surface area contributed by atoms with Crippen molar-refractivity contribution in [3.8, 4) is 0 Å². The molecule has 2 aromatic rings. The first-order chi connectivity index (χ1) is 6.42. The summed E-state index contributed by atoms with van der Waals surface area (Å²) in [6.07, 6.45) is 6.43. The van der Waals surface area contributed by atoms with E-state index in [1.54, 1.807) is 0 Å². The van der Waals surface area contributed by atoms with Gasteiger partial charge >= 0.3 is 0 Å². The molecular weight excluding hydrogens is 160 g/mol. The summed E-state index contributed by atoms with van der Waals surface area (Å²) in [4.78, 5) is 4.29. The van der Waals surface area contributed by atoms with Gasteiger partial charge in [0.05, 0.1) is 11.0 Å². The summed E-state index contributed by atoms with van der Waals surface area (Å²) in [5.74, 6) is 0. The zero-order valence-corrected chi connectivity index (χ0v) is 7.90. The number of hydrogen-bond acceptors (Lipinski definition) is 1. The highest BCUT2D eigenvalue weighted by atomic mass is 15.0. The molecule has 0 saturated heterocycles. The average Bonchev–Trinajstić information content (AvgIpc) is 2.58. The van der Waals surface area contributed by atoms with Crippen LogP contribution in [0, 0.1) is 0 Å². The lowest BCUT2D eigenvalue weighted by Gasteiger charge is -2.02. The lowest BCUT2D eigenvalue weighted by molar-refractivity contribution is 0.650. The van der Waals surface area contributed by atoms with E-state index in [9.17, 15) is 0 Å². The molecule has 0 spiro atoms. The molecule has 0 unspecified atom stereocenters. The van der Waals surface area contributed by atoms with Crippen LogP contribution < -0.4 is 0 Å². The predicted molar refractivity (Wildman–Crippen MR) is 54.6 cm³/mol. The topological polar surface area (TPSA) is 17.8 Å². The Kier molecular flexibility index (Phi) is 2.30. The second kappa shape index (κ2) is 3.60. The maximum Gasteiger partial charge on any atom is 0.0880 e. The van der Waals surface area contributed by atoms with Crippen molar-refractivity contribution in [2.24, 2.45) is 0 Å². The van der Waals surface area contributed by atoms with E-state index >= 15 is 0 Å². The highest BCUT2D eigenvalue weighted by Gasteiger charge is 1.98. The van der Waals surface area contributed by atoms with Crippen LogP contribution in [0.25, 0.3) is 11.0 Å². The fourth-order valence-corrected chi connectivity index (χ4v) is 1.54. The quantitative estimate of drug-likeness (QED) is 0.699. The van der Waals surface area contributed by atoms with Gasteiger partial charge in [-0.1, -0.05) is 13.3 Å². The molecule has 13 heavy (non-hydrogen) atoms. The lowest BCUT2D eigenvalue weighted by atomic mass is 10.3. The van der Waals surface area contributed by atoms with Crippen LogP contribution in [0.3, 0.4) is 0 Å². The molecule has 68 valence electrons. The first kappa shape index (κ1) is 8.30. The molecule has 0 aliphatic carbocycles. The van der Waals surface area contributed by atoms with E-state index in [2.05, 4.69) is 34.8 Å². The first-order valence-electron chi connectivity index (χ1n) is 4.81. The third-order valence-electron chi connectivity index (χ3n) is 2.29. The summed E-state index contributed by atoms with van der Waals surface area (Å²) in [6, 6.07) is 6.19. The molecule has 2 rings (SSSR count). The standard InChI is InChI=1S/C11H14N2/c1-2-3-8-13-9-6-10-11(13)5-4-7-12-10/h4-7,9H,2-3,8H2,1H3. The Morgan fingerprint density at radius 3 is 3.15 bits per heavy atom. The normalized spacial score (nSPS) is 10.8. The van der Waals surface area contributed by atoms with Crippen molar-refractivity contribution < 1.29 is 0 Å². The minimum Gasteiger partial charge on any atom is -0.346 e. The van der Waals surface area contributed by atoms with Gasteiger partial charge in [0.25, 0.3) is 0 Å². The van der Waals surface area contributed by atoms with Crippen molar-refractivity contribution in [2.75, 3.05) is 0 Å². The summed E-state index contributed by atoms with van der Waals surface area (Å²) < 4.78 is 2.27. The summed E-state index contributed by atoms with van der Waals surface area (Å²) in [6.45, 7) is 3.32. The molecule has 0 saturated carbocycles. The second-order valence-electron chi connectivity index (χ2n) is 3.27. The lowest BCUT2D eigenvalue weighted by Crippen LogP contribution is -1.94. The largest absolute Gasteiger partial charge is 0.346 e. The Morgan fingerprint density at radius 1 is 1.38 bits per heavy atom. The summed E-state index contributed by atoms with van der Waals surface area (Å²) in [5.41, 5.74) is 2.34. The van der Waals surface area contributed by atoms with Gasteiger partial charge in [0.1, 0.15) is 0 Å². The van der Waals surface area contributed by atoms with Gasteiger partial charge in [-0.2, -0.15) is 0 Å². The van der Waals surface area contributed by atoms with Crippen LogP contribution in [0.1, 0.15) is 19.8 Å². The fraction of sp³-hybridized carbons (Fsp3) is 0.364. The van der Waals surface area contributed by atoms with Crippen molar-refractivity contribution >= 4 is 11.0 Å². The van der Waals surface area contributed by atoms with Gasteiger partial charge in [-0.3, -0.25) is 4.98 Å². The number of nitrogens with zero attached hydrogens (tertiary/aromatic N) is 2. The van der Waals surface area contributed by atoms with Gasteiger partial charge in [-0.25, -0.2) is 0 Å². The summed E-state index contributed by atoms with van der Waals surface area (Å²) in [7, 11) is 0. The van der Waals surface area contributed by atoms with Gasteiger partial charge < -0.3 is 4.57 Å². The number of hydrogen-bond donors (Lipinski definition) is 0. The van der Waals surface area contributed by atoms with E-state index in [1.165, 1.54) is 18.4 Å². The zero-order chi connectivity index (χ0) is 9.10. The minimum absolute atomic E-state index is 1.10. The highest BCUT2D eigenvalue weighted by molar-refractivity contribution is 5.75. The molecule has 2 aromatic heterocycles. The van der Waals surface area contributed by atoms with Crippen LogP contribution >= 0.6 is 0 Å². The molecule has 0 N–H and O–H groups in total. The molecule has 0 radical (unpaired) electrons. The smallest absolute Gasteiger partial charge is 0.0880 e. The van der Waals surface area contributed by atoms with Gasteiger partial charge in [-0.05, 0) is 24.6 Å². The molecule has 0 amide bonds. The van der Waals surface area contributed by atoms with Crippen molar-refractivity contribution in [1.29, 1.82) is 0 Å². The number of aryl methyl sites for hydroxylation is 1. The second-order valence-corrected chi connectivity index (χ2v) is 3.27. The van der Waals surface area contributed by atoms with Crippen molar-refractivity contribution in [2.45, 2.75) is 26.3 Å². The Bertz CT molecular complexity index is 390. The Labute approximate surface area is 78.2 Å². The molecule has 2 heteroatoms. The first-order valence-corrected chi connectivity index (χ1v) is 4.81.